The van der Waals surface area contributed by atoms with Crippen LogP contribution in [0.25, 0.3) is 0 Å². The van der Waals surface area contributed by atoms with Crippen LogP contribution in [0.4, 0.5) is 5.69 Å². The summed E-state index contributed by atoms with van der Waals surface area (Å²) in [4.78, 5) is 0.357. The number of thiophene rings is 1. The van der Waals surface area contributed by atoms with Gasteiger partial charge in [0.15, 0.2) is 0 Å². The van der Waals surface area contributed by atoms with Crippen molar-refractivity contribution in [1.29, 1.82) is 5.26 Å². The summed E-state index contributed by atoms with van der Waals surface area (Å²) in [5.41, 5.74) is 0.438. The summed E-state index contributed by atoms with van der Waals surface area (Å²) in [6.45, 7) is 0. The smallest absolute Gasteiger partial charge is 0.271 e. The van der Waals surface area contributed by atoms with Crippen LogP contribution in [0.3, 0.4) is 0 Å². The summed E-state index contributed by atoms with van der Waals surface area (Å²) >= 11 is 0.930. The summed E-state index contributed by atoms with van der Waals surface area (Å²) in [5.74, 6) is 0.644. The van der Waals surface area contributed by atoms with Crippen LogP contribution in [0.1, 0.15) is 4.88 Å². The molecule has 7 heteroatoms. The Morgan fingerprint density at radius 1 is 1.21 bits per heavy atom. The molecule has 19 heavy (non-hydrogen) atoms. The third-order valence-electron chi connectivity index (χ3n) is 2.30. The number of hydrogen-bond acceptors (Lipinski definition) is 5. The van der Waals surface area contributed by atoms with E-state index in [1.165, 1.54) is 19.2 Å². The third kappa shape index (κ3) is 3.05. The molecule has 1 aromatic heterocycles. The lowest BCUT2D eigenvalue weighted by molar-refractivity contribution is 0.415. The van der Waals surface area contributed by atoms with Gasteiger partial charge in [0.2, 0.25) is 0 Å². The minimum Gasteiger partial charge on any atom is -0.497 e. The topological polar surface area (TPSA) is 79.2 Å². The average molecular weight is 294 g/mol. The van der Waals surface area contributed by atoms with Gasteiger partial charge in [0.25, 0.3) is 10.0 Å². The number of rotatable bonds is 4. The maximum atomic E-state index is 12.0. The maximum absolute atomic E-state index is 12.0. The molecule has 0 fully saturated rings. The number of ether oxygens (including phenoxy) is 1. The van der Waals surface area contributed by atoms with Gasteiger partial charge in [-0.25, -0.2) is 8.42 Å². The van der Waals surface area contributed by atoms with Crippen LogP contribution in [0.2, 0.25) is 0 Å². The molecule has 0 aliphatic rings. The monoisotopic (exact) mass is 294 g/mol. The Balaban J connectivity index is 2.23. The van der Waals surface area contributed by atoms with Crippen molar-refractivity contribution in [2.24, 2.45) is 0 Å². The zero-order chi connectivity index (χ0) is 13.9. The second-order valence-electron chi connectivity index (χ2n) is 3.56. The quantitative estimate of drug-likeness (QED) is 0.939. The van der Waals surface area contributed by atoms with E-state index in [2.05, 4.69) is 4.72 Å². The summed E-state index contributed by atoms with van der Waals surface area (Å²) in [6, 6.07) is 11.3. The van der Waals surface area contributed by atoms with Crippen LogP contribution in [-0.4, -0.2) is 15.5 Å². The first-order valence-electron chi connectivity index (χ1n) is 5.22. The highest BCUT2D eigenvalue weighted by molar-refractivity contribution is 7.94. The van der Waals surface area contributed by atoms with Gasteiger partial charge >= 0.3 is 0 Å². The standard InChI is InChI=1S/C12H10N2O3S2/c1-17-10-4-2-9(3-5-10)14-19(15,16)12-7-6-11(8-13)18-12/h2-7,14H,1H3. The van der Waals surface area contributed by atoms with Gasteiger partial charge < -0.3 is 4.74 Å². The van der Waals surface area contributed by atoms with Gasteiger partial charge in [0.05, 0.1) is 7.11 Å². The lowest BCUT2D eigenvalue weighted by Crippen LogP contribution is -2.11. The molecule has 2 aromatic rings. The van der Waals surface area contributed by atoms with Crippen LogP contribution in [0.5, 0.6) is 5.75 Å². The largest absolute Gasteiger partial charge is 0.497 e. The Labute approximate surface area is 115 Å². The molecule has 0 saturated heterocycles. The van der Waals surface area contributed by atoms with E-state index in [0.717, 1.165) is 11.3 Å². The van der Waals surface area contributed by atoms with Crippen LogP contribution >= 0.6 is 11.3 Å². The Kier molecular flexibility index (Phi) is 3.74. The van der Waals surface area contributed by atoms with Crippen molar-refractivity contribution in [2.45, 2.75) is 4.21 Å². The van der Waals surface area contributed by atoms with E-state index in [1.54, 1.807) is 24.3 Å². The lowest BCUT2D eigenvalue weighted by atomic mass is 10.3. The van der Waals surface area contributed by atoms with Gasteiger partial charge in [0, 0.05) is 5.69 Å². The molecular weight excluding hydrogens is 284 g/mol. The number of nitrogens with one attached hydrogen (secondary N) is 1. The fourth-order valence-electron chi connectivity index (χ4n) is 1.39. The molecule has 1 aromatic carbocycles. The van der Waals surface area contributed by atoms with E-state index in [0.29, 0.717) is 16.3 Å². The zero-order valence-electron chi connectivity index (χ0n) is 9.95. The molecular formula is C12H10N2O3S2. The number of benzene rings is 1. The lowest BCUT2D eigenvalue weighted by Gasteiger charge is -2.06. The van der Waals surface area contributed by atoms with E-state index in [4.69, 9.17) is 10.00 Å². The molecule has 0 atom stereocenters. The number of methoxy groups -OCH3 is 1. The van der Waals surface area contributed by atoms with Crippen molar-refractivity contribution < 1.29 is 13.2 Å². The van der Waals surface area contributed by atoms with E-state index in [-0.39, 0.29) is 4.21 Å². The Morgan fingerprint density at radius 2 is 1.89 bits per heavy atom. The van der Waals surface area contributed by atoms with Crippen LogP contribution in [0.15, 0.2) is 40.6 Å². The maximum Gasteiger partial charge on any atom is 0.271 e. The molecule has 0 aliphatic carbocycles. The fourth-order valence-corrected chi connectivity index (χ4v) is 3.55. The number of sulfonamides is 1. The van der Waals surface area contributed by atoms with E-state index >= 15 is 0 Å². The Morgan fingerprint density at radius 3 is 2.42 bits per heavy atom. The summed E-state index contributed by atoms with van der Waals surface area (Å²) in [6.07, 6.45) is 0. The second-order valence-corrected chi connectivity index (χ2v) is 6.56. The molecule has 98 valence electrons. The van der Waals surface area contributed by atoms with E-state index in [1.807, 2.05) is 6.07 Å². The van der Waals surface area contributed by atoms with Gasteiger partial charge in [-0.1, -0.05) is 0 Å². The zero-order valence-corrected chi connectivity index (χ0v) is 11.6. The molecule has 0 unspecified atom stereocenters. The molecule has 1 N–H and O–H groups in total. The van der Waals surface area contributed by atoms with Crippen LogP contribution in [0, 0.1) is 11.3 Å². The van der Waals surface area contributed by atoms with Crippen molar-refractivity contribution in [3.05, 3.63) is 41.3 Å². The first kappa shape index (κ1) is 13.4. The average Bonchev–Trinajstić information content (AvgIpc) is 2.89. The van der Waals surface area contributed by atoms with Crippen molar-refractivity contribution in [3.63, 3.8) is 0 Å². The van der Waals surface area contributed by atoms with Gasteiger partial charge in [-0.15, -0.1) is 11.3 Å². The number of nitriles is 1. The minimum absolute atomic E-state index is 0.111. The van der Waals surface area contributed by atoms with Crippen molar-refractivity contribution in [1.82, 2.24) is 0 Å². The Hall–Kier alpha value is -2.04. The number of hydrogen-bond donors (Lipinski definition) is 1. The molecule has 0 saturated carbocycles. The third-order valence-corrected chi connectivity index (χ3v) is 5.16. The predicted octanol–water partition coefficient (Wildman–Crippen LogP) is 2.43. The van der Waals surface area contributed by atoms with Gasteiger partial charge in [-0.2, -0.15) is 5.26 Å². The van der Waals surface area contributed by atoms with Crippen molar-refractivity contribution in [3.8, 4) is 11.8 Å². The minimum atomic E-state index is -3.65. The summed E-state index contributed by atoms with van der Waals surface area (Å²) in [7, 11) is -2.11. The number of nitrogens with zero attached hydrogens (tertiary/aromatic N) is 1. The van der Waals surface area contributed by atoms with Gasteiger partial charge in [0.1, 0.15) is 20.9 Å². The Bertz CT molecular complexity index is 712. The summed E-state index contributed by atoms with van der Waals surface area (Å²) < 4.78 is 31.6. The van der Waals surface area contributed by atoms with Gasteiger partial charge in [-0.05, 0) is 36.4 Å². The number of anilines is 1. The van der Waals surface area contributed by atoms with Crippen molar-refractivity contribution >= 4 is 27.0 Å². The molecule has 2 rings (SSSR count). The molecule has 5 nitrogen and oxygen atoms in total. The normalized spacial score (nSPS) is 10.7. The SMILES string of the molecule is COc1ccc(NS(=O)(=O)c2ccc(C#N)s2)cc1. The highest BCUT2D eigenvalue weighted by Gasteiger charge is 2.16. The molecule has 0 amide bonds. The van der Waals surface area contributed by atoms with Crippen molar-refractivity contribution in [2.75, 3.05) is 11.8 Å². The molecule has 0 radical (unpaired) electrons. The molecule has 0 bridgehead atoms. The first-order chi connectivity index (χ1) is 9.05. The van der Waals surface area contributed by atoms with E-state index < -0.39 is 10.0 Å². The second kappa shape index (κ2) is 5.30. The first-order valence-corrected chi connectivity index (χ1v) is 7.52. The molecule has 0 spiro atoms. The molecule has 1 heterocycles. The highest BCUT2D eigenvalue weighted by Crippen LogP contribution is 2.24. The van der Waals surface area contributed by atoms with Crippen LogP contribution in [-0.2, 0) is 10.0 Å². The highest BCUT2D eigenvalue weighted by atomic mass is 32.2. The molecule has 0 aliphatic heterocycles. The fraction of sp³-hybridized carbons (Fsp3) is 0.0833. The summed E-state index contributed by atoms with van der Waals surface area (Å²) in [5, 5.41) is 8.70. The van der Waals surface area contributed by atoms with E-state index in [9.17, 15) is 8.42 Å². The van der Waals surface area contributed by atoms with Gasteiger partial charge in [-0.3, -0.25) is 4.72 Å². The van der Waals surface area contributed by atoms with Crippen LogP contribution < -0.4 is 9.46 Å². The predicted molar refractivity (Wildman–Crippen MR) is 72.8 cm³/mol.